The Kier molecular flexibility index (Phi) is 11.6. The molecule has 0 radical (unpaired) electrons. The van der Waals surface area contributed by atoms with Crippen LogP contribution in [0.1, 0.15) is 56.2 Å². The molecule has 4 rings (SSSR count). The third-order valence-corrected chi connectivity index (χ3v) is 8.58. The van der Waals surface area contributed by atoms with E-state index in [0.717, 1.165) is 4.90 Å². The second-order valence-electron chi connectivity index (χ2n) is 11.3. The number of ether oxygens (including phenoxy) is 4. The van der Waals surface area contributed by atoms with Gasteiger partial charge in [0.25, 0.3) is 0 Å². The Hall–Kier alpha value is -3.45. The molecule has 248 valence electrons. The van der Waals surface area contributed by atoms with Crippen molar-refractivity contribution in [3.63, 3.8) is 0 Å². The first-order valence-corrected chi connectivity index (χ1v) is 15.4. The zero-order chi connectivity index (χ0) is 32.7. The van der Waals surface area contributed by atoms with Crippen molar-refractivity contribution in [1.29, 1.82) is 0 Å². The van der Waals surface area contributed by atoms with E-state index in [4.69, 9.17) is 30.5 Å². The molecule has 2 aliphatic rings. The van der Waals surface area contributed by atoms with Gasteiger partial charge in [-0.05, 0) is 56.7 Å². The van der Waals surface area contributed by atoms with Crippen molar-refractivity contribution in [2.75, 3.05) is 33.3 Å². The molecule has 1 N–H and O–H groups in total. The maximum Gasteiger partial charge on any atom is 0.471 e. The van der Waals surface area contributed by atoms with Crippen molar-refractivity contribution in [2.24, 2.45) is 0 Å². The Balaban J connectivity index is 1.53. The number of alkyl halides is 4. The molecule has 14 heteroatoms. The predicted octanol–water partition coefficient (Wildman–Crippen LogP) is 5.65. The van der Waals surface area contributed by atoms with Gasteiger partial charge in [-0.25, -0.2) is 9.78 Å². The molecule has 0 bridgehead atoms. The molecular weight excluding hydrogens is 619 g/mol. The number of carbonyl (C=O) groups is 2. The zero-order valence-corrected chi connectivity index (χ0v) is 26.2. The number of nitrogens with zero attached hydrogens (tertiary/aromatic N) is 3. The van der Waals surface area contributed by atoms with Crippen molar-refractivity contribution < 1.29 is 46.8 Å². The van der Waals surface area contributed by atoms with Gasteiger partial charge in [-0.15, -0.1) is 11.6 Å². The molecule has 1 aliphatic heterocycles. The maximum atomic E-state index is 14.0. The molecule has 2 aromatic rings. The molecule has 2 heterocycles. The van der Waals surface area contributed by atoms with Gasteiger partial charge in [0.05, 0.1) is 50.6 Å². The molecule has 1 aromatic heterocycles. The van der Waals surface area contributed by atoms with Gasteiger partial charge in [-0.2, -0.15) is 13.2 Å². The molecule has 2 fully saturated rings. The van der Waals surface area contributed by atoms with E-state index in [9.17, 15) is 27.9 Å². The highest BCUT2D eigenvalue weighted by Crippen LogP contribution is 2.37. The summed E-state index contributed by atoms with van der Waals surface area (Å²) in [4.78, 5) is 32.4. The predicted molar refractivity (Wildman–Crippen MR) is 159 cm³/mol. The van der Waals surface area contributed by atoms with Gasteiger partial charge < -0.3 is 29.0 Å². The summed E-state index contributed by atoms with van der Waals surface area (Å²) in [5.74, 6) is -0.973. The normalized spacial score (nSPS) is 23.4. The van der Waals surface area contributed by atoms with Crippen molar-refractivity contribution in [1.82, 2.24) is 14.8 Å². The van der Waals surface area contributed by atoms with Crippen LogP contribution in [0.4, 0.5) is 18.0 Å². The van der Waals surface area contributed by atoms with Gasteiger partial charge in [0, 0.05) is 30.6 Å². The van der Waals surface area contributed by atoms with E-state index >= 15 is 0 Å². The topological polar surface area (TPSA) is 111 Å². The average Bonchev–Trinajstić information content (AvgIpc) is 3.36. The molecule has 3 atom stereocenters. The van der Waals surface area contributed by atoms with Crippen molar-refractivity contribution in [3.05, 3.63) is 47.7 Å². The summed E-state index contributed by atoms with van der Waals surface area (Å²) >= 11 is 5.72. The molecule has 10 nitrogen and oxygen atoms in total. The van der Waals surface area contributed by atoms with Crippen LogP contribution in [-0.2, 0) is 20.8 Å². The Morgan fingerprint density at radius 3 is 2.33 bits per heavy atom. The third kappa shape index (κ3) is 8.63. The molecule has 1 saturated heterocycles. The van der Waals surface area contributed by atoms with Crippen LogP contribution in [0.25, 0.3) is 0 Å². The number of hydrogen-bond donors (Lipinski definition) is 1. The smallest absolute Gasteiger partial charge is 0.471 e. The standard InChI is InChI=1S/C31H39ClF3N3O7/c1-19-14-26(37(29(40)31(33,34)35)17-20-4-8-22(42-2)9-5-20)27(38(19)30(41)44-13-12-32)18-45-23-10-6-21(7-11-23)25-15-24(43-3)16-28(39)36-25/h4-5,8-9,15-16,19,21,23,26-27H,6-7,10-14,17-18H2,1-3H3,(H,36,39)/t19-,21?,23?,26+,27+/m1/s1. The van der Waals surface area contributed by atoms with Gasteiger partial charge in [0.2, 0.25) is 5.88 Å². The lowest BCUT2D eigenvalue weighted by molar-refractivity contribution is -0.189. The van der Waals surface area contributed by atoms with Crippen molar-refractivity contribution >= 4 is 23.6 Å². The first-order chi connectivity index (χ1) is 21.4. The summed E-state index contributed by atoms with van der Waals surface area (Å²) < 4.78 is 63.8. The summed E-state index contributed by atoms with van der Waals surface area (Å²) in [6, 6.07) is 7.20. The minimum Gasteiger partial charge on any atom is -0.497 e. The molecule has 0 unspecified atom stereocenters. The molecule has 1 aromatic carbocycles. The summed E-state index contributed by atoms with van der Waals surface area (Å²) in [5, 5.41) is 9.96. The van der Waals surface area contributed by atoms with Crippen molar-refractivity contribution in [2.45, 2.75) is 81.9 Å². The fraction of sp³-hybridized carbons (Fsp3) is 0.581. The lowest BCUT2D eigenvalue weighted by Crippen LogP contribution is -2.54. The first kappa shape index (κ1) is 34.4. The average molecular weight is 658 g/mol. The number of aromatic nitrogens is 1. The van der Waals surface area contributed by atoms with Gasteiger partial charge >= 0.3 is 18.2 Å². The highest BCUT2D eigenvalue weighted by molar-refractivity contribution is 6.18. The molecule has 2 amide bonds. The number of aromatic hydroxyl groups is 1. The molecule has 1 aliphatic carbocycles. The van der Waals surface area contributed by atoms with Crippen molar-refractivity contribution in [3.8, 4) is 17.4 Å². The van der Waals surface area contributed by atoms with E-state index in [1.165, 1.54) is 25.2 Å². The van der Waals surface area contributed by atoms with Crippen LogP contribution in [0, 0.1) is 0 Å². The SMILES string of the molecule is COc1ccc(CN(C(=O)C(F)(F)F)[C@H]2C[C@@H](C)N(C(=O)OCCCl)[C@H]2COC2CCC(c3cc(OC)cc(O)n3)CC2)cc1. The summed E-state index contributed by atoms with van der Waals surface area (Å²) in [7, 11) is 2.99. The largest absolute Gasteiger partial charge is 0.497 e. The van der Waals surface area contributed by atoms with Gasteiger partial charge in [-0.1, -0.05) is 12.1 Å². The van der Waals surface area contributed by atoms with Crippen LogP contribution in [0.5, 0.6) is 17.4 Å². The number of halogens is 4. The van der Waals surface area contributed by atoms with E-state index in [-0.39, 0.29) is 50.0 Å². The quantitative estimate of drug-likeness (QED) is 0.309. The number of benzene rings is 1. The number of rotatable bonds is 11. The van der Waals surface area contributed by atoms with E-state index in [2.05, 4.69) is 4.98 Å². The molecule has 0 spiro atoms. The highest BCUT2D eigenvalue weighted by Gasteiger charge is 2.52. The van der Waals surface area contributed by atoms with Crippen LogP contribution in [-0.4, -0.2) is 95.6 Å². The van der Waals surface area contributed by atoms with E-state index in [1.54, 1.807) is 37.3 Å². The number of hydrogen-bond acceptors (Lipinski definition) is 8. The first-order valence-electron chi connectivity index (χ1n) is 14.8. The van der Waals surface area contributed by atoms with Gasteiger partial charge in [-0.3, -0.25) is 9.69 Å². The lowest BCUT2D eigenvalue weighted by Gasteiger charge is -2.37. The molecular formula is C31H39ClF3N3O7. The number of carbonyl (C=O) groups excluding carboxylic acids is 2. The summed E-state index contributed by atoms with van der Waals surface area (Å²) in [6.07, 6.45) is -3.33. The Morgan fingerprint density at radius 1 is 1.07 bits per heavy atom. The fourth-order valence-electron chi connectivity index (χ4n) is 6.20. The number of methoxy groups -OCH3 is 2. The molecule has 45 heavy (non-hydrogen) atoms. The number of amides is 2. The highest BCUT2D eigenvalue weighted by atomic mass is 35.5. The minimum absolute atomic E-state index is 0.0534. The second-order valence-corrected chi connectivity index (χ2v) is 11.7. The summed E-state index contributed by atoms with van der Waals surface area (Å²) in [5.41, 5.74) is 1.18. The van der Waals surface area contributed by atoms with Crippen LogP contribution < -0.4 is 9.47 Å². The van der Waals surface area contributed by atoms with Crippen LogP contribution in [0.3, 0.4) is 0 Å². The number of likely N-dealkylation sites (tertiary alicyclic amines) is 1. The van der Waals surface area contributed by atoms with E-state index < -0.39 is 36.3 Å². The maximum absolute atomic E-state index is 14.0. The Labute approximate surface area is 265 Å². The van der Waals surface area contributed by atoms with E-state index in [0.29, 0.717) is 48.4 Å². The van der Waals surface area contributed by atoms with Gasteiger partial charge in [0.15, 0.2) is 0 Å². The van der Waals surface area contributed by atoms with Crippen LogP contribution in [0.2, 0.25) is 0 Å². The third-order valence-electron chi connectivity index (χ3n) is 8.42. The van der Waals surface area contributed by atoms with Gasteiger partial charge in [0.1, 0.15) is 18.1 Å². The number of pyridine rings is 1. The minimum atomic E-state index is -5.13. The Morgan fingerprint density at radius 2 is 1.73 bits per heavy atom. The van der Waals surface area contributed by atoms with Crippen LogP contribution in [0.15, 0.2) is 36.4 Å². The zero-order valence-electron chi connectivity index (χ0n) is 25.5. The fourth-order valence-corrected chi connectivity index (χ4v) is 6.28. The Bertz CT molecular complexity index is 1290. The van der Waals surface area contributed by atoms with Crippen LogP contribution >= 0.6 is 11.6 Å². The second kappa shape index (κ2) is 15.2. The molecule has 1 saturated carbocycles. The monoisotopic (exact) mass is 657 g/mol. The lowest BCUT2D eigenvalue weighted by atomic mass is 9.85. The van der Waals surface area contributed by atoms with E-state index in [1.807, 2.05) is 0 Å². The summed E-state index contributed by atoms with van der Waals surface area (Å²) in [6.45, 7) is 1.21.